The number of hydrogen-bond donors (Lipinski definition) is 0. The van der Waals surface area contributed by atoms with E-state index in [1.54, 1.807) is 0 Å². The SMILES string of the molecule is C[Si](O[Si](O[Si](C)c1ccccc1)O[Si](C)c1ccccc1)c1ccccc1. The summed E-state index contributed by atoms with van der Waals surface area (Å²) in [5, 5.41) is 3.70. The number of benzene rings is 3. The fourth-order valence-electron chi connectivity index (χ4n) is 2.63. The van der Waals surface area contributed by atoms with Crippen LogP contribution in [0.2, 0.25) is 19.6 Å². The Morgan fingerprint density at radius 2 is 0.679 bits per heavy atom. The van der Waals surface area contributed by atoms with Crippen LogP contribution in [0.4, 0.5) is 0 Å². The molecule has 0 saturated carbocycles. The van der Waals surface area contributed by atoms with Gasteiger partial charge in [-0.1, -0.05) is 91.0 Å². The van der Waals surface area contributed by atoms with Crippen molar-refractivity contribution in [3.63, 3.8) is 0 Å². The van der Waals surface area contributed by atoms with Crippen molar-refractivity contribution in [3.05, 3.63) is 91.0 Å². The van der Waals surface area contributed by atoms with Crippen LogP contribution < -0.4 is 15.6 Å². The third-order valence-corrected chi connectivity index (χ3v) is 13.4. The van der Waals surface area contributed by atoms with E-state index in [1.807, 2.05) is 18.2 Å². The van der Waals surface area contributed by atoms with E-state index in [4.69, 9.17) is 12.3 Å². The Balaban J connectivity index is 1.73. The summed E-state index contributed by atoms with van der Waals surface area (Å²) in [4.78, 5) is 0. The Bertz CT molecular complexity index is 708. The van der Waals surface area contributed by atoms with Crippen molar-refractivity contribution >= 4 is 52.2 Å². The highest BCUT2D eigenvalue weighted by Crippen LogP contribution is 2.04. The minimum Gasteiger partial charge on any atom is -0.410 e. The van der Waals surface area contributed by atoms with Gasteiger partial charge in [-0.2, -0.15) is 0 Å². The van der Waals surface area contributed by atoms with Gasteiger partial charge in [0.2, 0.25) is 27.1 Å². The molecule has 0 aliphatic carbocycles. The average molecular weight is 437 g/mol. The topological polar surface area (TPSA) is 27.7 Å². The molecule has 0 aliphatic heterocycles. The lowest BCUT2D eigenvalue weighted by atomic mass is 10.4. The third-order valence-electron chi connectivity index (χ3n) is 4.25. The summed E-state index contributed by atoms with van der Waals surface area (Å²) in [7, 11) is -5.42. The lowest BCUT2D eigenvalue weighted by Gasteiger charge is -2.24. The van der Waals surface area contributed by atoms with Gasteiger partial charge < -0.3 is 12.3 Å². The zero-order valence-electron chi connectivity index (χ0n) is 16.4. The summed E-state index contributed by atoms with van der Waals surface area (Å²) in [6.45, 7) is 6.48. The zero-order valence-corrected chi connectivity index (χ0v) is 20.4. The van der Waals surface area contributed by atoms with E-state index in [-0.39, 0.29) is 0 Å². The van der Waals surface area contributed by atoms with Gasteiger partial charge in [-0.25, -0.2) is 0 Å². The summed E-state index contributed by atoms with van der Waals surface area (Å²) in [6.07, 6.45) is 0. The fraction of sp³-hybridized carbons (Fsp3) is 0.143. The van der Waals surface area contributed by atoms with Gasteiger partial charge in [0.15, 0.2) is 0 Å². The van der Waals surface area contributed by atoms with Crippen LogP contribution in [0.3, 0.4) is 0 Å². The molecule has 0 aliphatic rings. The maximum atomic E-state index is 6.43. The highest BCUT2D eigenvalue weighted by molar-refractivity contribution is 6.80. The van der Waals surface area contributed by atoms with Gasteiger partial charge in [0, 0.05) is 0 Å². The largest absolute Gasteiger partial charge is 0.544 e. The van der Waals surface area contributed by atoms with Crippen LogP contribution in [0.5, 0.6) is 0 Å². The molecule has 3 rings (SSSR count). The molecule has 0 fully saturated rings. The minimum atomic E-state index is -1.85. The van der Waals surface area contributed by atoms with E-state index in [2.05, 4.69) is 92.4 Å². The second-order valence-electron chi connectivity index (χ2n) is 6.32. The Morgan fingerprint density at radius 3 is 0.929 bits per heavy atom. The first-order valence-electron chi connectivity index (χ1n) is 9.21. The molecule has 0 saturated heterocycles. The Morgan fingerprint density at radius 1 is 0.429 bits per heavy atom. The molecule has 0 aromatic heterocycles. The molecule has 3 aromatic carbocycles. The summed E-state index contributed by atoms with van der Waals surface area (Å²) in [5.74, 6) is 0. The van der Waals surface area contributed by atoms with Gasteiger partial charge in [-0.15, -0.1) is 0 Å². The average Bonchev–Trinajstić information content (AvgIpc) is 2.75. The second kappa shape index (κ2) is 10.8. The van der Waals surface area contributed by atoms with Gasteiger partial charge in [0.25, 0.3) is 0 Å². The van der Waals surface area contributed by atoms with E-state index in [9.17, 15) is 0 Å². The Labute approximate surface area is 175 Å². The lowest BCUT2D eigenvalue weighted by Crippen LogP contribution is -2.49. The predicted molar refractivity (Wildman–Crippen MR) is 122 cm³/mol. The van der Waals surface area contributed by atoms with Crippen molar-refractivity contribution in [1.82, 2.24) is 0 Å². The number of rotatable bonds is 9. The highest BCUT2D eigenvalue weighted by Gasteiger charge is 2.30. The van der Waals surface area contributed by atoms with Gasteiger partial charge in [0.1, 0.15) is 0 Å². The summed E-state index contributed by atoms with van der Waals surface area (Å²) in [6, 6.07) is 31.2. The maximum absolute atomic E-state index is 6.43. The van der Waals surface area contributed by atoms with Crippen molar-refractivity contribution in [2.24, 2.45) is 0 Å². The predicted octanol–water partition coefficient (Wildman–Crippen LogP) is 2.61. The first-order chi connectivity index (χ1) is 13.6. The molecule has 0 spiro atoms. The molecule has 0 N–H and O–H groups in total. The van der Waals surface area contributed by atoms with Gasteiger partial charge in [0.05, 0.1) is 0 Å². The lowest BCUT2D eigenvalue weighted by molar-refractivity contribution is 0.322. The molecule has 0 amide bonds. The summed E-state index contributed by atoms with van der Waals surface area (Å²) >= 11 is 0. The van der Waals surface area contributed by atoms with Crippen LogP contribution >= 0.6 is 0 Å². The first kappa shape index (κ1) is 21.1. The molecular formula is C21H24O3Si4. The molecule has 3 nitrogen and oxygen atoms in total. The molecule has 7 heteroatoms. The van der Waals surface area contributed by atoms with E-state index in [0.717, 1.165) is 0 Å². The van der Waals surface area contributed by atoms with Crippen LogP contribution in [-0.4, -0.2) is 36.6 Å². The number of hydrogen-bond acceptors (Lipinski definition) is 3. The molecule has 28 heavy (non-hydrogen) atoms. The van der Waals surface area contributed by atoms with Crippen molar-refractivity contribution in [2.45, 2.75) is 19.6 Å². The first-order valence-corrected chi connectivity index (χ1v) is 16.2. The molecule has 0 heterocycles. The molecule has 0 unspecified atom stereocenters. The van der Waals surface area contributed by atoms with Gasteiger partial charge in [-0.05, 0) is 35.2 Å². The Hall–Kier alpha value is -1.59. The van der Waals surface area contributed by atoms with Crippen molar-refractivity contribution in [1.29, 1.82) is 0 Å². The molecule has 0 atom stereocenters. The molecule has 0 bridgehead atoms. The summed E-state index contributed by atoms with van der Waals surface area (Å²) < 4.78 is 19.3. The van der Waals surface area contributed by atoms with Crippen LogP contribution in [0, 0.1) is 0 Å². The molecule has 3 aromatic rings. The molecule has 142 valence electrons. The highest BCUT2D eigenvalue weighted by atomic mass is 28.5. The Kier molecular flexibility index (Phi) is 8.16. The fourth-order valence-corrected chi connectivity index (χ4v) is 10.7. The van der Waals surface area contributed by atoms with E-state index in [1.165, 1.54) is 15.6 Å². The van der Waals surface area contributed by atoms with Crippen molar-refractivity contribution in [2.75, 3.05) is 0 Å². The normalized spacial score (nSPS) is 11.7. The van der Waals surface area contributed by atoms with Crippen LogP contribution in [0.1, 0.15) is 0 Å². The van der Waals surface area contributed by atoms with E-state index >= 15 is 0 Å². The van der Waals surface area contributed by atoms with Gasteiger partial charge in [-0.3, -0.25) is 0 Å². The zero-order chi connectivity index (χ0) is 19.8. The molecule has 4 radical (unpaired) electrons. The summed E-state index contributed by atoms with van der Waals surface area (Å²) in [5.41, 5.74) is 0. The van der Waals surface area contributed by atoms with Gasteiger partial charge >= 0.3 is 9.53 Å². The van der Waals surface area contributed by atoms with Crippen molar-refractivity contribution < 1.29 is 12.3 Å². The van der Waals surface area contributed by atoms with E-state index in [0.29, 0.717) is 0 Å². The smallest absolute Gasteiger partial charge is 0.410 e. The standard InChI is InChI=1S/C21H24O3Si4/c1-25(19-13-7-4-8-14-19)22-28(23-26(2)20-15-9-5-10-16-20)24-27(3)21-17-11-6-12-18-21/h4-18H,1-3H3. The van der Waals surface area contributed by atoms with Crippen molar-refractivity contribution in [3.8, 4) is 0 Å². The quantitative estimate of drug-likeness (QED) is 0.483. The van der Waals surface area contributed by atoms with Crippen LogP contribution in [0.15, 0.2) is 91.0 Å². The van der Waals surface area contributed by atoms with Crippen LogP contribution in [-0.2, 0) is 12.3 Å². The molecular weight excluding hydrogens is 413 g/mol. The third kappa shape index (κ3) is 6.21. The second-order valence-corrected chi connectivity index (χ2v) is 14.3. The monoisotopic (exact) mass is 436 g/mol. The minimum absolute atomic E-state index is 1.19. The maximum Gasteiger partial charge on any atom is 0.544 e. The van der Waals surface area contributed by atoms with E-state index < -0.39 is 36.6 Å². The van der Waals surface area contributed by atoms with Crippen LogP contribution in [0.25, 0.3) is 0 Å².